The number of thiophene rings is 1. The molecule has 0 N–H and O–H groups in total. The van der Waals surface area contributed by atoms with E-state index in [9.17, 15) is 0 Å². The first kappa shape index (κ1) is 36.9. The Bertz CT molecular complexity index is 3800. The Morgan fingerprint density at radius 2 is 0.891 bits per heavy atom. The predicted octanol–water partition coefficient (Wildman–Crippen LogP) is 17.9. The zero-order chi connectivity index (χ0) is 42.5. The Kier molecular flexibility index (Phi) is 8.16. The van der Waals surface area contributed by atoms with Crippen molar-refractivity contribution >= 4 is 81.3 Å². The van der Waals surface area contributed by atoms with Crippen LogP contribution in [0.15, 0.2) is 217 Å². The summed E-state index contributed by atoms with van der Waals surface area (Å²) in [6.45, 7) is 4.70. The normalized spacial score (nSPS) is 13.0. The van der Waals surface area contributed by atoms with E-state index < -0.39 is 0 Å². The molecule has 0 fully saturated rings. The molecule has 0 aliphatic heterocycles. The molecule has 0 unspecified atom stereocenters. The monoisotopic (exact) mass is 835 g/mol. The molecule has 13 rings (SSSR count). The molecule has 12 aromatic rings. The van der Waals surface area contributed by atoms with Crippen molar-refractivity contribution in [3.63, 3.8) is 0 Å². The summed E-state index contributed by atoms with van der Waals surface area (Å²) >= 11 is 1.87. The molecule has 0 spiro atoms. The van der Waals surface area contributed by atoms with Crippen LogP contribution in [-0.2, 0) is 5.41 Å². The van der Waals surface area contributed by atoms with Gasteiger partial charge >= 0.3 is 0 Å². The molecule has 10 aromatic carbocycles. The topological polar surface area (TPSA) is 16.4 Å². The van der Waals surface area contributed by atoms with Gasteiger partial charge in [0.15, 0.2) is 0 Å². The first-order valence-corrected chi connectivity index (χ1v) is 22.9. The number of hydrogen-bond donors (Lipinski definition) is 0. The van der Waals surface area contributed by atoms with Crippen LogP contribution in [0.1, 0.15) is 25.0 Å². The second-order valence-corrected chi connectivity index (χ2v) is 18.7. The fourth-order valence-corrected chi connectivity index (χ4v) is 11.8. The van der Waals surface area contributed by atoms with Crippen LogP contribution < -0.4 is 4.90 Å². The van der Waals surface area contributed by atoms with Crippen LogP contribution >= 0.6 is 11.3 Å². The van der Waals surface area contributed by atoms with Gasteiger partial charge in [0.25, 0.3) is 0 Å². The lowest BCUT2D eigenvalue weighted by Crippen LogP contribution is -2.14. The molecule has 0 amide bonds. The molecule has 2 aromatic heterocycles. The van der Waals surface area contributed by atoms with Gasteiger partial charge in [0.2, 0.25) is 0 Å². The van der Waals surface area contributed by atoms with E-state index in [1.807, 2.05) is 11.3 Å². The van der Waals surface area contributed by atoms with E-state index in [4.69, 9.17) is 4.42 Å². The molecule has 1 aliphatic carbocycles. The minimum atomic E-state index is -0.0518. The molecule has 1 aliphatic rings. The van der Waals surface area contributed by atoms with Crippen LogP contribution in [0.3, 0.4) is 0 Å². The Labute approximate surface area is 375 Å². The van der Waals surface area contributed by atoms with Gasteiger partial charge in [-0.15, -0.1) is 11.3 Å². The van der Waals surface area contributed by atoms with Gasteiger partial charge in [0, 0.05) is 64.4 Å². The summed E-state index contributed by atoms with van der Waals surface area (Å²) in [5, 5.41) is 7.22. The Hall–Kier alpha value is -7.72. The Balaban J connectivity index is 0.917. The molecule has 2 heterocycles. The molecular weight excluding hydrogens is 795 g/mol. The van der Waals surface area contributed by atoms with Crippen molar-refractivity contribution in [1.29, 1.82) is 0 Å². The largest absolute Gasteiger partial charge is 0.455 e. The lowest BCUT2D eigenvalue weighted by Gasteiger charge is -2.26. The van der Waals surface area contributed by atoms with Crippen LogP contribution in [-0.4, -0.2) is 0 Å². The van der Waals surface area contributed by atoms with Gasteiger partial charge in [-0.05, 0) is 104 Å². The standard InChI is InChI=1S/C61H41NOS/c1-61(2)54-21-7-5-15-53(54)57-45(16-11-22-55(57)61)39-24-31-42(32-25-39)62(44-35-28-41(29-36-44)48-18-10-20-52-49-14-6-8-23-56(49)64-60(48)52)43-33-26-40(27-34-43)47-17-9-19-50-51-37-30-38-12-3-4-13-46(38)59(51)63-58(47)50/h3-37H,1-2H3. The van der Waals surface area contributed by atoms with Crippen LogP contribution in [0.2, 0.25) is 0 Å². The number of hydrogen-bond acceptors (Lipinski definition) is 3. The maximum Gasteiger partial charge on any atom is 0.143 e. The Morgan fingerprint density at radius 3 is 1.64 bits per heavy atom. The highest BCUT2D eigenvalue weighted by atomic mass is 32.1. The van der Waals surface area contributed by atoms with Gasteiger partial charge in [-0.25, -0.2) is 0 Å². The quantitative estimate of drug-likeness (QED) is 0.166. The lowest BCUT2D eigenvalue weighted by molar-refractivity contribution is 0.660. The van der Waals surface area contributed by atoms with E-state index in [1.165, 1.54) is 70.1 Å². The fraction of sp³-hybridized carbons (Fsp3) is 0.0492. The van der Waals surface area contributed by atoms with E-state index in [0.29, 0.717) is 0 Å². The summed E-state index contributed by atoms with van der Waals surface area (Å²) in [6, 6.07) is 77.7. The van der Waals surface area contributed by atoms with Crippen molar-refractivity contribution < 1.29 is 4.42 Å². The highest BCUT2D eigenvalue weighted by molar-refractivity contribution is 7.26. The van der Waals surface area contributed by atoms with Crippen LogP contribution in [0.4, 0.5) is 17.1 Å². The van der Waals surface area contributed by atoms with Crippen LogP contribution in [0.25, 0.3) is 97.4 Å². The highest BCUT2D eigenvalue weighted by Gasteiger charge is 2.36. The number of para-hydroxylation sites is 1. The SMILES string of the molecule is CC1(C)c2ccccc2-c2c(-c3ccc(N(c4ccc(-c5cccc6c5oc5c7ccccc7ccc65)cc4)c4ccc(-c5cccc6c5sc5ccccc56)cc4)cc3)cccc21. The first-order valence-electron chi connectivity index (χ1n) is 22.1. The molecule has 0 atom stereocenters. The molecule has 0 saturated carbocycles. The average molecular weight is 836 g/mol. The third-order valence-electron chi connectivity index (χ3n) is 13.7. The second-order valence-electron chi connectivity index (χ2n) is 17.6. The second kappa shape index (κ2) is 14.2. The van der Waals surface area contributed by atoms with Gasteiger partial charge in [0.1, 0.15) is 11.2 Å². The first-order chi connectivity index (χ1) is 31.5. The van der Waals surface area contributed by atoms with Gasteiger partial charge < -0.3 is 9.32 Å². The zero-order valence-corrected chi connectivity index (χ0v) is 36.3. The van der Waals surface area contributed by atoms with E-state index in [-0.39, 0.29) is 5.41 Å². The predicted molar refractivity (Wildman–Crippen MR) is 273 cm³/mol. The zero-order valence-electron chi connectivity index (χ0n) is 35.5. The molecule has 0 bridgehead atoms. The average Bonchev–Trinajstić information content (AvgIpc) is 4.00. The Morgan fingerprint density at radius 1 is 0.375 bits per heavy atom. The van der Waals surface area contributed by atoms with Crippen molar-refractivity contribution in [2.24, 2.45) is 0 Å². The molecule has 3 heteroatoms. The maximum absolute atomic E-state index is 6.76. The van der Waals surface area contributed by atoms with Crippen molar-refractivity contribution in [3.05, 3.63) is 223 Å². The number of nitrogens with zero attached hydrogens (tertiary/aromatic N) is 1. The number of benzene rings is 10. The highest BCUT2D eigenvalue weighted by Crippen LogP contribution is 2.52. The third-order valence-corrected chi connectivity index (χ3v) is 14.9. The molecule has 2 nitrogen and oxygen atoms in total. The van der Waals surface area contributed by atoms with Crippen molar-refractivity contribution in [1.82, 2.24) is 0 Å². The van der Waals surface area contributed by atoms with Crippen molar-refractivity contribution in [2.45, 2.75) is 19.3 Å². The lowest BCUT2D eigenvalue weighted by atomic mass is 9.82. The number of rotatable bonds is 6. The van der Waals surface area contributed by atoms with Crippen molar-refractivity contribution in [2.75, 3.05) is 4.90 Å². The van der Waals surface area contributed by atoms with Gasteiger partial charge in [-0.2, -0.15) is 0 Å². The van der Waals surface area contributed by atoms with Gasteiger partial charge in [0.05, 0.1) is 0 Å². The fourth-order valence-electron chi connectivity index (χ4n) is 10.5. The summed E-state index contributed by atoms with van der Waals surface area (Å²) in [4.78, 5) is 2.37. The number of fused-ring (bicyclic) bond motifs is 11. The summed E-state index contributed by atoms with van der Waals surface area (Å²) < 4.78 is 9.40. The van der Waals surface area contributed by atoms with Crippen LogP contribution in [0, 0.1) is 0 Å². The van der Waals surface area contributed by atoms with Gasteiger partial charge in [-0.3, -0.25) is 0 Å². The van der Waals surface area contributed by atoms with E-state index in [1.54, 1.807) is 0 Å². The van der Waals surface area contributed by atoms with Crippen LogP contribution in [0.5, 0.6) is 0 Å². The molecule has 64 heavy (non-hydrogen) atoms. The van der Waals surface area contributed by atoms with Crippen molar-refractivity contribution in [3.8, 4) is 44.5 Å². The van der Waals surface area contributed by atoms with E-state index in [0.717, 1.165) is 55.5 Å². The molecular formula is C61H41NOS. The molecule has 302 valence electrons. The summed E-state index contributed by atoms with van der Waals surface area (Å²) in [5.41, 5.74) is 17.7. The maximum atomic E-state index is 6.76. The summed E-state index contributed by atoms with van der Waals surface area (Å²) in [5.74, 6) is 0. The minimum Gasteiger partial charge on any atom is -0.455 e. The van der Waals surface area contributed by atoms with Gasteiger partial charge in [-0.1, -0.05) is 178 Å². The third kappa shape index (κ3) is 5.57. The van der Waals surface area contributed by atoms with E-state index >= 15 is 0 Å². The summed E-state index contributed by atoms with van der Waals surface area (Å²) in [6.07, 6.45) is 0. The summed E-state index contributed by atoms with van der Waals surface area (Å²) in [7, 11) is 0. The number of furan rings is 1. The number of anilines is 3. The minimum absolute atomic E-state index is 0.0518. The molecule has 0 saturated heterocycles. The molecule has 0 radical (unpaired) electrons. The van der Waals surface area contributed by atoms with E-state index in [2.05, 4.69) is 231 Å². The smallest absolute Gasteiger partial charge is 0.143 e.